The van der Waals surface area contributed by atoms with Crippen LogP contribution in [0.4, 0.5) is 5.69 Å². The molecule has 5 N–H and O–H groups in total. The molecule has 7 heteroatoms. The van der Waals surface area contributed by atoms with Crippen molar-refractivity contribution in [1.82, 2.24) is 20.8 Å². The quantitative estimate of drug-likeness (QED) is 0.515. The van der Waals surface area contributed by atoms with Crippen molar-refractivity contribution in [1.29, 1.82) is 0 Å². The molecule has 1 unspecified atom stereocenters. The minimum absolute atomic E-state index is 0.155. The number of anilines is 1. The van der Waals surface area contributed by atoms with Gasteiger partial charge in [-0.05, 0) is 12.8 Å². The van der Waals surface area contributed by atoms with Crippen LogP contribution < -0.4 is 16.4 Å². The molecule has 1 aliphatic heterocycles. The second kappa shape index (κ2) is 4.21. The molecule has 0 saturated carbocycles. The van der Waals surface area contributed by atoms with E-state index < -0.39 is 11.9 Å². The third-order valence-corrected chi connectivity index (χ3v) is 2.49. The van der Waals surface area contributed by atoms with Gasteiger partial charge in [0.25, 0.3) is 5.91 Å². The van der Waals surface area contributed by atoms with Crippen LogP contribution in [0.2, 0.25) is 0 Å². The van der Waals surface area contributed by atoms with Crippen molar-refractivity contribution in [2.45, 2.75) is 18.9 Å². The molecular formula is C9H13N5O2. The van der Waals surface area contributed by atoms with Crippen molar-refractivity contribution >= 4 is 17.5 Å². The Labute approximate surface area is 91.8 Å². The molecule has 1 atom stereocenters. The minimum Gasteiger partial charge on any atom is -0.396 e. The Bertz CT molecular complexity index is 414. The van der Waals surface area contributed by atoms with Crippen molar-refractivity contribution in [3.05, 3.63) is 11.9 Å². The van der Waals surface area contributed by atoms with Gasteiger partial charge in [-0.25, -0.2) is 0 Å². The van der Waals surface area contributed by atoms with Crippen molar-refractivity contribution in [3.63, 3.8) is 0 Å². The summed E-state index contributed by atoms with van der Waals surface area (Å²) in [5, 5.41) is 11.4. The molecule has 0 aliphatic carbocycles. The molecule has 0 spiro atoms. The lowest BCUT2D eigenvalue weighted by molar-refractivity contribution is -0.124. The Morgan fingerprint density at radius 2 is 2.44 bits per heavy atom. The van der Waals surface area contributed by atoms with E-state index in [4.69, 9.17) is 5.73 Å². The van der Waals surface area contributed by atoms with E-state index in [0.717, 1.165) is 6.42 Å². The molecule has 2 heterocycles. The molecule has 1 aromatic rings. The topological polar surface area (TPSA) is 113 Å². The average Bonchev–Trinajstić information content (AvgIpc) is 2.68. The summed E-state index contributed by atoms with van der Waals surface area (Å²) >= 11 is 0. The Morgan fingerprint density at radius 3 is 3.06 bits per heavy atom. The molecule has 16 heavy (non-hydrogen) atoms. The monoisotopic (exact) mass is 223 g/mol. The molecule has 1 fully saturated rings. The SMILES string of the molecule is Nc1cn[nH]c1C(=O)NC1CCCNC1=O. The summed E-state index contributed by atoms with van der Waals surface area (Å²) in [4.78, 5) is 23.1. The standard InChI is InChI=1S/C9H13N5O2/c10-5-4-12-14-7(5)9(16)13-6-2-1-3-11-8(6)15/h4,6H,1-3,10H2,(H,11,15)(H,12,14)(H,13,16). The van der Waals surface area contributed by atoms with Crippen LogP contribution in [0.25, 0.3) is 0 Å². The zero-order valence-electron chi connectivity index (χ0n) is 8.62. The highest BCUT2D eigenvalue weighted by Crippen LogP contribution is 2.08. The normalized spacial score (nSPS) is 20.2. The lowest BCUT2D eigenvalue weighted by Crippen LogP contribution is -2.50. The molecule has 1 aromatic heterocycles. The fraction of sp³-hybridized carbons (Fsp3) is 0.444. The molecule has 7 nitrogen and oxygen atoms in total. The summed E-state index contributed by atoms with van der Waals surface area (Å²) in [6.07, 6.45) is 2.86. The molecular weight excluding hydrogens is 210 g/mol. The number of aromatic amines is 1. The Hall–Kier alpha value is -2.05. The molecule has 2 amide bonds. The summed E-state index contributed by atoms with van der Waals surface area (Å²) in [7, 11) is 0. The first kappa shape index (κ1) is 10.5. The van der Waals surface area contributed by atoms with Gasteiger partial charge in [-0.3, -0.25) is 14.7 Å². The third kappa shape index (κ3) is 1.97. The number of amides is 2. The van der Waals surface area contributed by atoms with Crippen molar-refractivity contribution in [2.75, 3.05) is 12.3 Å². The summed E-state index contributed by atoms with van der Waals surface area (Å²) in [5.41, 5.74) is 5.99. The van der Waals surface area contributed by atoms with Gasteiger partial charge in [-0.2, -0.15) is 5.10 Å². The molecule has 2 rings (SSSR count). The fourth-order valence-electron chi connectivity index (χ4n) is 1.62. The second-order valence-corrected chi connectivity index (χ2v) is 3.66. The maximum atomic E-state index is 11.7. The molecule has 1 aliphatic rings. The first-order chi connectivity index (χ1) is 7.68. The number of piperidine rings is 1. The number of carbonyl (C=O) groups is 2. The number of rotatable bonds is 2. The Morgan fingerprint density at radius 1 is 1.62 bits per heavy atom. The highest BCUT2D eigenvalue weighted by atomic mass is 16.2. The molecule has 0 bridgehead atoms. The predicted molar refractivity (Wildman–Crippen MR) is 56.5 cm³/mol. The van der Waals surface area contributed by atoms with E-state index in [1.807, 2.05) is 0 Å². The maximum Gasteiger partial charge on any atom is 0.272 e. The van der Waals surface area contributed by atoms with Gasteiger partial charge in [0.05, 0.1) is 11.9 Å². The number of nitrogen functional groups attached to an aromatic ring is 1. The number of carbonyl (C=O) groups excluding carboxylic acids is 2. The van der Waals surface area contributed by atoms with Gasteiger partial charge in [0.15, 0.2) is 0 Å². The van der Waals surface area contributed by atoms with Crippen LogP contribution in [0.3, 0.4) is 0 Å². The van der Waals surface area contributed by atoms with Crippen LogP contribution in [0, 0.1) is 0 Å². The van der Waals surface area contributed by atoms with Gasteiger partial charge in [-0.15, -0.1) is 0 Å². The fourth-order valence-corrected chi connectivity index (χ4v) is 1.62. The van der Waals surface area contributed by atoms with Crippen LogP contribution in [0.5, 0.6) is 0 Å². The lowest BCUT2D eigenvalue weighted by atomic mass is 10.1. The lowest BCUT2D eigenvalue weighted by Gasteiger charge is -2.22. The first-order valence-corrected chi connectivity index (χ1v) is 5.06. The number of nitrogens with zero attached hydrogens (tertiary/aromatic N) is 1. The van der Waals surface area contributed by atoms with Crippen LogP contribution in [0.15, 0.2) is 6.20 Å². The number of nitrogens with two attached hydrogens (primary N) is 1. The number of aromatic nitrogens is 2. The van der Waals surface area contributed by atoms with E-state index in [9.17, 15) is 9.59 Å². The summed E-state index contributed by atoms with van der Waals surface area (Å²) < 4.78 is 0. The van der Waals surface area contributed by atoms with E-state index in [1.54, 1.807) is 0 Å². The largest absolute Gasteiger partial charge is 0.396 e. The van der Waals surface area contributed by atoms with Gasteiger partial charge < -0.3 is 16.4 Å². The van der Waals surface area contributed by atoms with Gasteiger partial charge in [-0.1, -0.05) is 0 Å². The number of hydrogen-bond donors (Lipinski definition) is 4. The third-order valence-electron chi connectivity index (χ3n) is 2.49. The summed E-state index contributed by atoms with van der Waals surface area (Å²) in [6.45, 7) is 0.664. The highest BCUT2D eigenvalue weighted by Gasteiger charge is 2.25. The van der Waals surface area contributed by atoms with Gasteiger partial charge >= 0.3 is 0 Å². The number of hydrogen-bond acceptors (Lipinski definition) is 4. The van der Waals surface area contributed by atoms with E-state index >= 15 is 0 Å². The molecule has 0 aromatic carbocycles. The highest BCUT2D eigenvalue weighted by molar-refractivity contribution is 5.99. The number of nitrogens with one attached hydrogen (secondary N) is 3. The minimum atomic E-state index is -0.482. The summed E-state index contributed by atoms with van der Waals surface area (Å²) in [6, 6.07) is -0.482. The zero-order chi connectivity index (χ0) is 11.5. The van der Waals surface area contributed by atoms with Crippen LogP contribution >= 0.6 is 0 Å². The van der Waals surface area contributed by atoms with Crippen molar-refractivity contribution in [3.8, 4) is 0 Å². The number of H-pyrrole nitrogens is 1. The zero-order valence-corrected chi connectivity index (χ0v) is 8.62. The average molecular weight is 223 g/mol. The first-order valence-electron chi connectivity index (χ1n) is 5.06. The molecule has 86 valence electrons. The van der Waals surface area contributed by atoms with Crippen LogP contribution in [0.1, 0.15) is 23.3 Å². The Balaban J connectivity index is 2.02. The maximum absolute atomic E-state index is 11.7. The van der Waals surface area contributed by atoms with Crippen molar-refractivity contribution in [2.24, 2.45) is 0 Å². The van der Waals surface area contributed by atoms with E-state index in [0.29, 0.717) is 13.0 Å². The van der Waals surface area contributed by atoms with Gasteiger partial charge in [0.2, 0.25) is 5.91 Å². The van der Waals surface area contributed by atoms with Crippen LogP contribution in [-0.4, -0.2) is 34.6 Å². The van der Waals surface area contributed by atoms with E-state index in [-0.39, 0.29) is 17.3 Å². The summed E-state index contributed by atoms with van der Waals surface area (Å²) in [5.74, 6) is -0.560. The smallest absolute Gasteiger partial charge is 0.272 e. The van der Waals surface area contributed by atoms with Crippen molar-refractivity contribution < 1.29 is 9.59 Å². The van der Waals surface area contributed by atoms with Gasteiger partial charge in [0.1, 0.15) is 11.7 Å². The Kier molecular flexibility index (Phi) is 2.76. The van der Waals surface area contributed by atoms with E-state index in [1.165, 1.54) is 6.20 Å². The predicted octanol–water partition coefficient (Wildman–Crippen LogP) is -1.000. The van der Waals surface area contributed by atoms with Gasteiger partial charge in [0, 0.05) is 6.54 Å². The molecule has 1 saturated heterocycles. The molecule has 0 radical (unpaired) electrons. The van der Waals surface area contributed by atoms with Crippen LogP contribution in [-0.2, 0) is 4.79 Å². The van der Waals surface area contributed by atoms with E-state index in [2.05, 4.69) is 20.8 Å². The second-order valence-electron chi connectivity index (χ2n) is 3.66.